The van der Waals surface area contributed by atoms with Crippen LogP contribution in [0.4, 0.5) is 0 Å². The van der Waals surface area contributed by atoms with Crippen LogP contribution in [0.25, 0.3) is 0 Å². The molecule has 1 aliphatic carbocycles. The summed E-state index contributed by atoms with van der Waals surface area (Å²) in [5.74, 6) is 0.556. The summed E-state index contributed by atoms with van der Waals surface area (Å²) in [6.45, 7) is 0.641. The third kappa shape index (κ3) is 5.28. The number of carbonyl (C=O) groups is 1. The van der Waals surface area contributed by atoms with E-state index in [9.17, 15) is 4.79 Å². The molecule has 0 aliphatic heterocycles. The minimum atomic E-state index is 0. The van der Waals surface area contributed by atoms with Crippen molar-refractivity contribution >= 4 is 34.2 Å². The van der Waals surface area contributed by atoms with Crippen LogP contribution in [0.1, 0.15) is 37.7 Å². The van der Waals surface area contributed by atoms with Crippen molar-refractivity contribution in [3.05, 3.63) is 34.3 Å². The summed E-state index contributed by atoms with van der Waals surface area (Å²) < 4.78 is 1.05. The lowest BCUT2D eigenvalue weighted by Crippen LogP contribution is -2.37. The number of hydrogen-bond donors (Lipinski definition) is 1. The van der Waals surface area contributed by atoms with E-state index in [1.807, 2.05) is 31.3 Å². The van der Waals surface area contributed by atoms with E-state index in [-0.39, 0.29) is 24.4 Å². The van der Waals surface area contributed by atoms with Crippen LogP contribution in [0.15, 0.2) is 28.7 Å². The van der Waals surface area contributed by atoms with Gasteiger partial charge in [-0.15, -0.1) is 12.4 Å². The smallest absolute Gasteiger partial charge is 0.222 e. The van der Waals surface area contributed by atoms with Gasteiger partial charge in [0.1, 0.15) is 0 Å². The van der Waals surface area contributed by atoms with Crippen molar-refractivity contribution in [2.75, 3.05) is 7.05 Å². The van der Waals surface area contributed by atoms with Gasteiger partial charge in [0.15, 0.2) is 0 Å². The van der Waals surface area contributed by atoms with Gasteiger partial charge in [0, 0.05) is 30.5 Å². The molecule has 1 aliphatic rings. The topological polar surface area (TPSA) is 46.3 Å². The zero-order chi connectivity index (χ0) is 14.5. The Labute approximate surface area is 141 Å². The Morgan fingerprint density at radius 3 is 2.67 bits per heavy atom. The predicted molar refractivity (Wildman–Crippen MR) is 92.4 cm³/mol. The Balaban J connectivity index is 0.00000220. The van der Waals surface area contributed by atoms with Gasteiger partial charge in [-0.05, 0) is 30.4 Å². The van der Waals surface area contributed by atoms with Gasteiger partial charge >= 0.3 is 0 Å². The summed E-state index contributed by atoms with van der Waals surface area (Å²) in [6, 6.07) is 8.22. The normalized spacial score (nSPS) is 21.5. The summed E-state index contributed by atoms with van der Waals surface area (Å²) in [4.78, 5) is 14.1. The average molecular weight is 376 g/mol. The van der Waals surface area contributed by atoms with Gasteiger partial charge in [-0.2, -0.15) is 0 Å². The molecule has 0 saturated heterocycles. The molecule has 3 nitrogen and oxygen atoms in total. The molecule has 0 heterocycles. The van der Waals surface area contributed by atoms with E-state index in [0.29, 0.717) is 18.9 Å². The van der Waals surface area contributed by atoms with Crippen LogP contribution < -0.4 is 5.73 Å². The van der Waals surface area contributed by atoms with Crippen molar-refractivity contribution in [1.82, 2.24) is 4.90 Å². The number of halogens is 2. The van der Waals surface area contributed by atoms with Gasteiger partial charge < -0.3 is 10.6 Å². The van der Waals surface area contributed by atoms with Gasteiger partial charge in [-0.3, -0.25) is 4.79 Å². The SMILES string of the molecule is CN(Cc1ccccc1Br)C(=O)CC1CCCCC1N.Cl. The second kappa shape index (κ2) is 8.76. The minimum Gasteiger partial charge on any atom is -0.341 e. The molecular formula is C16H24BrClN2O. The van der Waals surface area contributed by atoms with Crippen molar-refractivity contribution in [2.45, 2.75) is 44.7 Å². The lowest BCUT2D eigenvalue weighted by Gasteiger charge is -2.29. The van der Waals surface area contributed by atoms with Crippen LogP contribution in [-0.2, 0) is 11.3 Å². The first-order valence-electron chi connectivity index (χ1n) is 7.31. The van der Waals surface area contributed by atoms with Gasteiger partial charge in [-0.1, -0.05) is 47.0 Å². The van der Waals surface area contributed by atoms with Crippen molar-refractivity contribution in [1.29, 1.82) is 0 Å². The number of carbonyl (C=O) groups excluding carboxylic acids is 1. The summed E-state index contributed by atoms with van der Waals surface area (Å²) in [5, 5.41) is 0. The molecule has 0 radical (unpaired) electrons. The maximum Gasteiger partial charge on any atom is 0.222 e. The Hall–Kier alpha value is -0.580. The van der Waals surface area contributed by atoms with Crippen molar-refractivity contribution in [2.24, 2.45) is 11.7 Å². The number of hydrogen-bond acceptors (Lipinski definition) is 2. The number of nitrogens with two attached hydrogens (primary N) is 1. The number of amides is 1. The molecule has 0 aromatic heterocycles. The van der Waals surface area contributed by atoms with E-state index < -0.39 is 0 Å². The van der Waals surface area contributed by atoms with Crippen LogP contribution in [0.3, 0.4) is 0 Å². The highest BCUT2D eigenvalue weighted by molar-refractivity contribution is 9.10. The maximum absolute atomic E-state index is 12.3. The van der Waals surface area contributed by atoms with E-state index in [4.69, 9.17) is 5.73 Å². The molecule has 1 fully saturated rings. The molecular weight excluding hydrogens is 352 g/mol. The first-order chi connectivity index (χ1) is 9.58. The largest absolute Gasteiger partial charge is 0.341 e. The van der Waals surface area contributed by atoms with Crippen LogP contribution >= 0.6 is 28.3 Å². The first kappa shape index (κ1) is 18.5. The molecule has 1 amide bonds. The third-order valence-corrected chi connectivity index (χ3v) is 4.97. The van der Waals surface area contributed by atoms with E-state index in [1.54, 1.807) is 4.90 Å². The third-order valence-electron chi connectivity index (χ3n) is 4.20. The average Bonchev–Trinajstić information content (AvgIpc) is 2.43. The molecule has 1 saturated carbocycles. The molecule has 21 heavy (non-hydrogen) atoms. The zero-order valence-corrected chi connectivity index (χ0v) is 14.8. The molecule has 0 bridgehead atoms. The molecule has 2 rings (SSSR count). The summed E-state index contributed by atoms with van der Waals surface area (Å²) >= 11 is 3.52. The summed E-state index contributed by atoms with van der Waals surface area (Å²) in [5.41, 5.74) is 7.26. The number of benzene rings is 1. The molecule has 5 heteroatoms. The Kier molecular flexibility index (Phi) is 7.71. The molecule has 118 valence electrons. The van der Waals surface area contributed by atoms with E-state index >= 15 is 0 Å². The highest BCUT2D eigenvalue weighted by Gasteiger charge is 2.25. The number of rotatable bonds is 4. The molecule has 2 atom stereocenters. The summed E-state index contributed by atoms with van der Waals surface area (Å²) in [7, 11) is 1.87. The molecule has 2 unspecified atom stereocenters. The van der Waals surface area contributed by atoms with Crippen LogP contribution in [-0.4, -0.2) is 23.9 Å². The van der Waals surface area contributed by atoms with Crippen LogP contribution in [0.2, 0.25) is 0 Å². The van der Waals surface area contributed by atoms with E-state index in [2.05, 4.69) is 15.9 Å². The Morgan fingerprint density at radius 2 is 2.00 bits per heavy atom. The fourth-order valence-corrected chi connectivity index (χ4v) is 3.25. The highest BCUT2D eigenvalue weighted by Crippen LogP contribution is 2.26. The molecule has 1 aromatic rings. The number of nitrogens with zero attached hydrogens (tertiary/aromatic N) is 1. The summed E-state index contributed by atoms with van der Waals surface area (Å²) in [6.07, 6.45) is 5.15. The fraction of sp³-hybridized carbons (Fsp3) is 0.562. The Morgan fingerprint density at radius 1 is 1.33 bits per heavy atom. The Bertz CT molecular complexity index is 469. The predicted octanol–water partition coefficient (Wildman–Crippen LogP) is 3.74. The quantitative estimate of drug-likeness (QED) is 0.871. The second-order valence-electron chi connectivity index (χ2n) is 5.75. The second-order valence-corrected chi connectivity index (χ2v) is 6.61. The van der Waals surface area contributed by atoms with E-state index in [0.717, 1.165) is 22.9 Å². The molecule has 1 aromatic carbocycles. The molecule has 2 N–H and O–H groups in total. The van der Waals surface area contributed by atoms with Crippen molar-refractivity contribution in [3.63, 3.8) is 0 Å². The van der Waals surface area contributed by atoms with Gasteiger partial charge in [0.05, 0.1) is 0 Å². The van der Waals surface area contributed by atoms with Gasteiger partial charge in [0.25, 0.3) is 0 Å². The van der Waals surface area contributed by atoms with Gasteiger partial charge in [0.2, 0.25) is 5.91 Å². The lowest BCUT2D eigenvalue weighted by molar-refractivity contribution is -0.131. The van der Waals surface area contributed by atoms with E-state index in [1.165, 1.54) is 12.8 Å². The van der Waals surface area contributed by atoms with Crippen molar-refractivity contribution < 1.29 is 4.79 Å². The van der Waals surface area contributed by atoms with Crippen LogP contribution in [0.5, 0.6) is 0 Å². The van der Waals surface area contributed by atoms with Crippen molar-refractivity contribution in [3.8, 4) is 0 Å². The van der Waals surface area contributed by atoms with Gasteiger partial charge in [-0.25, -0.2) is 0 Å². The lowest BCUT2D eigenvalue weighted by atomic mass is 9.83. The fourth-order valence-electron chi connectivity index (χ4n) is 2.84. The monoisotopic (exact) mass is 374 g/mol. The van der Waals surface area contributed by atoms with Crippen LogP contribution in [0, 0.1) is 5.92 Å². The molecule has 0 spiro atoms. The highest BCUT2D eigenvalue weighted by atomic mass is 79.9. The minimum absolute atomic E-state index is 0. The standard InChI is InChI=1S/C16H23BrN2O.ClH/c1-19(11-13-7-2-4-8-14(13)17)16(20)10-12-6-3-5-9-15(12)18;/h2,4,7-8,12,15H,3,5-6,9-11,18H2,1H3;1H. The zero-order valence-electron chi connectivity index (χ0n) is 12.4. The first-order valence-corrected chi connectivity index (χ1v) is 8.10. The maximum atomic E-state index is 12.3.